The Morgan fingerprint density at radius 3 is 2.13 bits per heavy atom. The van der Waals surface area contributed by atoms with Crippen LogP contribution in [0.1, 0.15) is 18.0 Å². The normalized spacial score (nSPS) is 16.2. The summed E-state index contributed by atoms with van der Waals surface area (Å²) in [6, 6.07) is 25.7. The number of nitrogens with one attached hydrogen (secondary N) is 1. The van der Waals surface area contributed by atoms with E-state index in [1.165, 1.54) is 12.1 Å². The summed E-state index contributed by atoms with van der Waals surface area (Å²) in [6.45, 7) is 0. The maximum atomic E-state index is 12.9. The SMILES string of the molecule is CS(=O)(=O)c1ccc(NC(=O)C2=NN(c3ccccc3)[C@@H](c3ccccc3)C2)cc1. The van der Waals surface area contributed by atoms with E-state index in [1.54, 1.807) is 12.1 Å². The van der Waals surface area contributed by atoms with E-state index < -0.39 is 9.84 Å². The number of hydrogen-bond acceptors (Lipinski definition) is 5. The van der Waals surface area contributed by atoms with E-state index in [4.69, 9.17) is 0 Å². The molecule has 1 aliphatic rings. The van der Waals surface area contributed by atoms with Crippen LogP contribution in [0.15, 0.2) is 94.9 Å². The van der Waals surface area contributed by atoms with Gasteiger partial charge in [-0.1, -0.05) is 48.5 Å². The Morgan fingerprint density at radius 1 is 0.933 bits per heavy atom. The molecule has 7 heteroatoms. The van der Waals surface area contributed by atoms with Gasteiger partial charge in [0.05, 0.1) is 16.6 Å². The molecule has 30 heavy (non-hydrogen) atoms. The summed E-state index contributed by atoms with van der Waals surface area (Å²) in [5, 5.41) is 9.30. The zero-order chi connectivity index (χ0) is 21.1. The Kier molecular flexibility index (Phi) is 5.37. The van der Waals surface area contributed by atoms with Crippen molar-refractivity contribution in [3.63, 3.8) is 0 Å². The molecule has 0 aliphatic carbocycles. The van der Waals surface area contributed by atoms with Crippen molar-refractivity contribution in [2.45, 2.75) is 17.4 Å². The average Bonchev–Trinajstić information content (AvgIpc) is 3.20. The largest absolute Gasteiger partial charge is 0.321 e. The summed E-state index contributed by atoms with van der Waals surface area (Å²) in [6.07, 6.45) is 1.61. The van der Waals surface area contributed by atoms with Gasteiger partial charge >= 0.3 is 0 Å². The van der Waals surface area contributed by atoms with Crippen molar-refractivity contribution in [3.8, 4) is 0 Å². The van der Waals surface area contributed by atoms with Crippen LogP contribution in [-0.2, 0) is 14.6 Å². The predicted octanol–water partition coefficient (Wildman–Crippen LogP) is 4.04. The molecule has 152 valence electrons. The van der Waals surface area contributed by atoms with Crippen molar-refractivity contribution in [3.05, 3.63) is 90.5 Å². The van der Waals surface area contributed by atoms with E-state index in [0.29, 0.717) is 17.8 Å². The lowest BCUT2D eigenvalue weighted by Gasteiger charge is -2.23. The molecule has 4 rings (SSSR count). The number of carbonyl (C=O) groups excluding carboxylic acids is 1. The first-order valence-corrected chi connectivity index (χ1v) is 11.4. The number of sulfone groups is 1. The lowest BCUT2D eigenvalue weighted by Crippen LogP contribution is -2.22. The standard InChI is InChI=1S/C23H21N3O3S/c1-30(28,29)20-14-12-18(13-15-20)24-23(27)21-16-22(17-8-4-2-5-9-17)26(25-21)19-10-6-3-7-11-19/h2-15,22H,16H2,1H3,(H,24,27)/t22-/m1/s1. The van der Waals surface area contributed by atoms with Gasteiger partial charge in [-0.15, -0.1) is 0 Å². The minimum absolute atomic E-state index is 0.0815. The van der Waals surface area contributed by atoms with Crippen molar-refractivity contribution < 1.29 is 13.2 Å². The van der Waals surface area contributed by atoms with Crippen LogP contribution in [-0.4, -0.2) is 26.3 Å². The number of para-hydroxylation sites is 1. The number of anilines is 2. The van der Waals surface area contributed by atoms with E-state index in [0.717, 1.165) is 17.5 Å². The fourth-order valence-corrected chi connectivity index (χ4v) is 4.02. The number of benzene rings is 3. The lowest BCUT2D eigenvalue weighted by atomic mass is 10.0. The first kappa shape index (κ1) is 19.8. The molecular weight excluding hydrogens is 398 g/mol. The van der Waals surface area contributed by atoms with Crippen LogP contribution in [0.4, 0.5) is 11.4 Å². The number of hydrogen-bond donors (Lipinski definition) is 1. The van der Waals surface area contributed by atoms with Crippen molar-refractivity contribution in [2.75, 3.05) is 16.6 Å². The fourth-order valence-electron chi connectivity index (χ4n) is 3.39. The van der Waals surface area contributed by atoms with Crippen LogP contribution in [0, 0.1) is 0 Å². The van der Waals surface area contributed by atoms with Crippen LogP contribution < -0.4 is 10.3 Å². The van der Waals surface area contributed by atoms with Gasteiger partial charge in [-0.2, -0.15) is 5.10 Å². The molecule has 1 aliphatic heterocycles. The second-order valence-electron chi connectivity index (χ2n) is 7.11. The maximum absolute atomic E-state index is 12.9. The van der Waals surface area contributed by atoms with Crippen LogP contribution in [0.2, 0.25) is 0 Å². The summed E-state index contributed by atoms with van der Waals surface area (Å²) in [4.78, 5) is 13.1. The first-order chi connectivity index (χ1) is 14.4. The maximum Gasteiger partial charge on any atom is 0.271 e. The van der Waals surface area contributed by atoms with E-state index in [9.17, 15) is 13.2 Å². The second kappa shape index (κ2) is 8.12. The highest BCUT2D eigenvalue weighted by molar-refractivity contribution is 7.90. The fraction of sp³-hybridized carbons (Fsp3) is 0.130. The third-order valence-corrected chi connectivity index (χ3v) is 6.05. The van der Waals surface area contributed by atoms with Gasteiger partial charge in [0.2, 0.25) is 0 Å². The van der Waals surface area contributed by atoms with Gasteiger partial charge in [-0.25, -0.2) is 8.42 Å². The van der Waals surface area contributed by atoms with Gasteiger partial charge in [0, 0.05) is 18.4 Å². The second-order valence-corrected chi connectivity index (χ2v) is 9.12. The number of carbonyl (C=O) groups is 1. The number of hydrazone groups is 1. The van der Waals surface area contributed by atoms with Crippen LogP contribution in [0.25, 0.3) is 0 Å². The van der Waals surface area contributed by atoms with Crippen molar-refractivity contribution in [1.82, 2.24) is 0 Å². The van der Waals surface area contributed by atoms with Gasteiger partial charge in [0.25, 0.3) is 5.91 Å². The van der Waals surface area contributed by atoms with E-state index >= 15 is 0 Å². The van der Waals surface area contributed by atoms with Gasteiger partial charge < -0.3 is 5.32 Å². The summed E-state index contributed by atoms with van der Waals surface area (Å²) in [5.41, 5.74) is 2.92. The molecule has 1 N–H and O–H groups in total. The van der Waals surface area contributed by atoms with Gasteiger partial charge in [0.1, 0.15) is 5.71 Å². The van der Waals surface area contributed by atoms with Crippen molar-refractivity contribution in [1.29, 1.82) is 0 Å². The molecule has 0 spiro atoms. The molecule has 0 saturated heterocycles. The molecule has 1 amide bonds. The van der Waals surface area contributed by atoms with Crippen molar-refractivity contribution in [2.24, 2.45) is 5.10 Å². The molecular formula is C23H21N3O3S. The molecule has 0 radical (unpaired) electrons. The molecule has 1 heterocycles. The molecule has 6 nitrogen and oxygen atoms in total. The number of rotatable bonds is 5. The highest BCUT2D eigenvalue weighted by Crippen LogP contribution is 2.35. The van der Waals surface area contributed by atoms with Gasteiger partial charge in [0.15, 0.2) is 9.84 Å². The topological polar surface area (TPSA) is 78.8 Å². The van der Waals surface area contributed by atoms with E-state index in [1.807, 2.05) is 65.7 Å². The summed E-state index contributed by atoms with van der Waals surface area (Å²) in [5.74, 6) is -0.304. The van der Waals surface area contributed by atoms with Gasteiger partial charge in [-0.3, -0.25) is 9.80 Å². The minimum atomic E-state index is -3.28. The minimum Gasteiger partial charge on any atom is -0.321 e. The zero-order valence-corrected chi connectivity index (χ0v) is 17.2. The number of nitrogens with zero attached hydrogens (tertiary/aromatic N) is 2. The lowest BCUT2D eigenvalue weighted by molar-refractivity contribution is -0.110. The molecule has 0 saturated carbocycles. The van der Waals surface area contributed by atoms with E-state index in [-0.39, 0.29) is 16.8 Å². The monoisotopic (exact) mass is 419 g/mol. The van der Waals surface area contributed by atoms with E-state index in [2.05, 4.69) is 10.4 Å². The third-order valence-electron chi connectivity index (χ3n) is 4.92. The van der Waals surface area contributed by atoms with Crippen LogP contribution >= 0.6 is 0 Å². The van der Waals surface area contributed by atoms with Gasteiger partial charge in [-0.05, 0) is 42.0 Å². The molecule has 0 fully saturated rings. The quantitative estimate of drug-likeness (QED) is 0.677. The summed E-state index contributed by atoms with van der Waals surface area (Å²) in [7, 11) is -3.28. The highest BCUT2D eigenvalue weighted by atomic mass is 32.2. The molecule has 1 atom stereocenters. The average molecular weight is 420 g/mol. The summed E-state index contributed by atoms with van der Waals surface area (Å²) >= 11 is 0. The van der Waals surface area contributed by atoms with Crippen molar-refractivity contribution >= 4 is 32.8 Å². The molecule has 3 aromatic rings. The zero-order valence-electron chi connectivity index (χ0n) is 16.4. The molecule has 0 bridgehead atoms. The number of amides is 1. The van der Waals surface area contributed by atoms with Crippen LogP contribution in [0.3, 0.4) is 0 Å². The Bertz CT molecular complexity index is 1180. The predicted molar refractivity (Wildman–Crippen MR) is 118 cm³/mol. The smallest absolute Gasteiger partial charge is 0.271 e. The summed E-state index contributed by atoms with van der Waals surface area (Å²) < 4.78 is 23.2. The Hall–Kier alpha value is -3.45. The third kappa shape index (κ3) is 4.26. The molecule has 0 aromatic heterocycles. The Morgan fingerprint density at radius 2 is 1.53 bits per heavy atom. The first-order valence-electron chi connectivity index (χ1n) is 9.50. The Balaban J connectivity index is 1.58. The van der Waals surface area contributed by atoms with Crippen LogP contribution in [0.5, 0.6) is 0 Å². The Labute approximate surface area is 175 Å². The highest BCUT2D eigenvalue weighted by Gasteiger charge is 2.32. The molecule has 3 aromatic carbocycles. The molecule has 0 unspecified atom stereocenters.